The summed E-state index contributed by atoms with van der Waals surface area (Å²) in [5.41, 5.74) is 4.53. The number of carbonyl (C=O) groups excluding carboxylic acids is 2. The maximum Gasteiger partial charge on any atom is 0.511 e. The largest absolute Gasteiger partial charge is 0.511 e. The molecule has 1 N–H and O–H groups in total. The van der Waals surface area contributed by atoms with Crippen LogP contribution in [0.5, 0.6) is 6.01 Å². The predicted octanol–water partition coefficient (Wildman–Crippen LogP) is 6.60. The van der Waals surface area contributed by atoms with Crippen LogP contribution in [-0.4, -0.2) is 61.3 Å². The van der Waals surface area contributed by atoms with Crippen LogP contribution in [0.15, 0.2) is 72.9 Å². The molecule has 1 saturated carbocycles. The molecule has 1 unspecified atom stereocenters. The second-order valence-corrected chi connectivity index (χ2v) is 10.8. The number of H-pyrrole nitrogens is 1. The van der Waals surface area contributed by atoms with Gasteiger partial charge in [0.1, 0.15) is 6.10 Å². The molecule has 12 nitrogen and oxygen atoms in total. The topological polar surface area (TPSA) is 143 Å². The van der Waals surface area contributed by atoms with Gasteiger partial charge in [0.2, 0.25) is 12.1 Å². The van der Waals surface area contributed by atoms with Crippen molar-refractivity contribution in [1.29, 1.82) is 0 Å². The van der Waals surface area contributed by atoms with Crippen LogP contribution in [0.2, 0.25) is 0 Å². The SMILES string of the molecule is CCOc1nccccc(C(=O)OC(C)OC(=O)OC2CCCCC2)c(C)n1Cc1ccc(-c2ccccc2-c2nn[nH]n2)cc1. The maximum absolute atomic E-state index is 13.4. The van der Waals surface area contributed by atoms with E-state index in [1.807, 2.05) is 60.0 Å². The predicted molar refractivity (Wildman–Crippen MR) is 169 cm³/mol. The van der Waals surface area contributed by atoms with E-state index in [0.29, 0.717) is 30.7 Å². The molecule has 1 aliphatic rings. The van der Waals surface area contributed by atoms with E-state index in [-0.39, 0.29) is 11.7 Å². The third kappa shape index (κ3) is 8.26. The minimum Gasteiger partial charge on any atom is -0.465 e. The number of nitrogens with zero attached hydrogens (tertiary/aromatic N) is 5. The van der Waals surface area contributed by atoms with Gasteiger partial charge in [-0.15, -0.1) is 10.2 Å². The Morgan fingerprint density at radius 2 is 1.70 bits per heavy atom. The Morgan fingerprint density at radius 1 is 0.957 bits per heavy atom. The van der Waals surface area contributed by atoms with Crippen molar-refractivity contribution < 1.29 is 28.5 Å². The number of hydrogen-bond acceptors (Lipinski definition) is 10. The van der Waals surface area contributed by atoms with Crippen molar-refractivity contribution in [2.45, 2.75) is 71.8 Å². The van der Waals surface area contributed by atoms with Crippen LogP contribution in [-0.2, 0) is 20.8 Å². The smallest absolute Gasteiger partial charge is 0.465 e. The molecular weight excluding hydrogens is 588 g/mol. The zero-order valence-electron chi connectivity index (χ0n) is 26.2. The maximum atomic E-state index is 13.4. The third-order valence-electron chi connectivity index (χ3n) is 7.63. The fourth-order valence-electron chi connectivity index (χ4n) is 5.33. The highest BCUT2D eigenvalue weighted by Gasteiger charge is 2.23. The van der Waals surface area contributed by atoms with Crippen molar-refractivity contribution in [3.05, 3.63) is 89.7 Å². The second kappa shape index (κ2) is 15.6. The highest BCUT2D eigenvalue weighted by molar-refractivity contribution is 5.90. The molecule has 240 valence electrons. The minimum absolute atomic E-state index is 0.169. The zero-order chi connectivity index (χ0) is 32.3. The van der Waals surface area contributed by atoms with E-state index in [9.17, 15) is 9.59 Å². The Labute approximate surface area is 267 Å². The summed E-state index contributed by atoms with van der Waals surface area (Å²) in [6, 6.07) is 21.2. The van der Waals surface area contributed by atoms with Crippen LogP contribution in [0.4, 0.5) is 4.79 Å². The number of tetrazole rings is 1. The molecule has 46 heavy (non-hydrogen) atoms. The number of nitrogens with one attached hydrogen (secondary N) is 1. The molecule has 5 rings (SSSR count). The van der Waals surface area contributed by atoms with Crippen molar-refractivity contribution in [3.8, 4) is 28.5 Å². The molecule has 0 amide bonds. The van der Waals surface area contributed by atoms with Gasteiger partial charge in [-0.2, -0.15) is 5.21 Å². The summed E-state index contributed by atoms with van der Waals surface area (Å²) in [6.07, 6.45) is 4.21. The molecule has 12 heteroatoms. The van der Waals surface area contributed by atoms with Gasteiger partial charge in [-0.3, -0.25) is 4.57 Å². The van der Waals surface area contributed by atoms with E-state index >= 15 is 0 Å². The number of rotatable bonds is 10. The summed E-state index contributed by atoms with van der Waals surface area (Å²) in [4.78, 5) is 30.3. The molecule has 0 spiro atoms. The molecule has 1 aliphatic carbocycles. The normalized spacial score (nSPS) is 13.7. The monoisotopic (exact) mass is 626 g/mol. The van der Waals surface area contributed by atoms with Crippen LogP contribution >= 0.6 is 0 Å². The van der Waals surface area contributed by atoms with Gasteiger partial charge in [0, 0.05) is 24.4 Å². The van der Waals surface area contributed by atoms with Crippen LogP contribution in [0.1, 0.15) is 67.6 Å². The number of benzene rings is 2. The summed E-state index contributed by atoms with van der Waals surface area (Å²) in [6.45, 7) is 5.85. The number of ether oxygens (including phenoxy) is 4. The Balaban J connectivity index is 1.39. The fourth-order valence-corrected chi connectivity index (χ4v) is 5.33. The Morgan fingerprint density at radius 3 is 2.41 bits per heavy atom. The lowest BCUT2D eigenvalue weighted by molar-refractivity contribution is -0.0915. The van der Waals surface area contributed by atoms with Gasteiger partial charge in [-0.05, 0) is 73.6 Å². The standard InChI is InChI=1S/C34H38N6O6/c1-4-43-33-35-21-11-10-14-28(32(41)44-24(3)45-34(42)46-27-12-6-5-7-13-27)23(2)40(33)22-25-17-19-26(20-18-25)29-15-8-9-16-30(29)31-36-38-39-37-31/h8-11,14-21,24,27H,4-7,12-13,22H2,1-3H3,(H,36,37,38,39). The van der Waals surface area contributed by atoms with E-state index in [1.54, 1.807) is 31.3 Å². The van der Waals surface area contributed by atoms with Gasteiger partial charge in [0.05, 0.1) is 18.7 Å². The summed E-state index contributed by atoms with van der Waals surface area (Å²) in [5, 5.41) is 14.5. The molecule has 1 atom stereocenters. The average molecular weight is 627 g/mol. The van der Waals surface area contributed by atoms with Crippen LogP contribution in [0.3, 0.4) is 0 Å². The zero-order valence-corrected chi connectivity index (χ0v) is 26.2. The Hall–Kier alpha value is -5.26. The molecule has 4 aromatic rings. The van der Waals surface area contributed by atoms with Gasteiger partial charge >= 0.3 is 12.1 Å². The average Bonchev–Trinajstić information content (AvgIpc) is 3.61. The Bertz CT molecular complexity index is 1660. The molecule has 1 fully saturated rings. The molecule has 0 radical (unpaired) electrons. The highest BCUT2D eigenvalue weighted by Crippen LogP contribution is 2.30. The molecule has 2 aromatic carbocycles. The first-order valence-electron chi connectivity index (χ1n) is 15.5. The lowest BCUT2D eigenvalue weighted by atomic mass is 9.98. The third-order valence-corrected chi connectivity index (χ3v) is 7.63. The molecule has 0 aliphatic heterocycles. The first-order chi connectivity index (χ1) is 22.4. The van der Waals surface area contributed by atoms with E-state index < -0.39 is 18.4 Å². The van der Waals surface area contributed by atoms with Crippen LogP contribution < -0.4 is 4.74 Å². The first kappa shape index (κ1) is 32.1. The number of aromatic amines is 1. The number of hydrogen-bond donors (Lipinski definition) is 1. The fraction of sp³-hybridized carbons (Fsp3) is 0.353. The van der Waals surface area contributed by atoms with Crippen molar-refractivity contribution in [2.24, 2.45) is 0 Å². The van der Waals surface area contributed by atoms with Crippen molar-refractivity contribution in [2.75, 3.05) is 6.61 Å². The molecule has 0 saturated heterocycles. The first-order valence-corrected chi connectivity index (χ1v) is 15.5. The van der Waals surface area contributed by atoms with E-state index in [2.05, 4.69) is 25.6 Å². The van der Waals surface area contributed by atoms with Gasteiger partial charge < -0.3 is 18.9 Å². The van der Waals surface area contributed by atoms with E-state index in [4.69, 9.17) is 18.9 Å². The van der Waals surface area contributed by atoms with E-state index in [1.165, 1.54) is 6.92 Å². The van der Waals surface area contributed by atoms with Crippen molar-refractivity contribution >= 4 is 12.1 Å². The number of esters is 1. The molecular formula is C34H38N6O6. The van der Waals surface area contributed by atoms with Gasteiger partial charge in [0.15, 0.2) is 0 Å². The molecule has 2 aromatic heterocycles. The van der Waals surface area contributed by atoms with Gasteiger partial charge in [0.25, 0.3) is 6.01 Å². The summed E-state index contributed by atoms with van der Waals surface area (Å²) in [5.74, 6) is -0.160. The highest BCUT2D eigenvalue weighted by atomic mass is 16.8. The second-order valence-electron chi connectivity index (χ2n) is 10.8. The van der Waals surface area contributed by atoms with Crippen molar-refractivity contribution in [3.63, 3.8) is 0 Å². The summed E-state index contributed by atoms with van der Waals surface area (Å²) in [7, 11) is 0. The van der Waals surface area contributed by atoms with Crippen LogP contribution in [0.25, 0.3) is 22.5 Å². The quantitative estimate of drug-likeness (QED) is 0.151. The Kier molecular flexibility index (Phi) is 10.9. The summed E-state index contributed by atoms with van der Waals surface area (Å²) < 4.78 is 23.9. The van der Waals surface area contributed by atoms with Gasteiger partial charge in [-0.25, -0.2) is 14.6 Å². The lowest BCUT2D eigenvalue weighted by Gasteiger charge is -2.22. The van der Waals surface area contributed by atoms with Gasteiger partial charge in [-0.1, -0.05) is 61.0 Å². The molecule has 2 heterocycles. The van der Waals surface area contributed by atoms with E-state index in [0.717, 1.165) is 54.4 Å². The number of aromatic nitrogens is 6. The lowest BCUT2D eigenvalue weighted by Crippen LogP contribution is -2.27. The molecule has 0 bridgehead atoms. The van der Waals surface area contributed by atoms with Crippen LogP contribution in [0, 0.1) is 6.92 Å². The minimum atomic E-state index is -1.16. The van der Waals surface area contributed by atoms with Crippen molar-refractivity contribution in [1.82, 2.24) is 30.2 Å². The number of carbonyl (C=O) groups is 2. The summed E-state index contributed by atoms with van der Waals surface area (Å²) >= 11 is 0.